The third-order valence-electron chi connectivity index (χ3n) is 3.09. The number of benzene rings is 1. The van der Waals surface area contributed by atoms with Crippen LogP contribution in [0.5, 0.6) is 0 Å². The molecule has 1 atom stereocenters. The number of aliphatic hydroxyl groups excluding tert-OH is 1. The minimum absolute atomic E-state index is 0.108. The van der Waals surface area contributed by atoms with Gasteiger partial charge in [-0.2, -0.15) is 0 Å². The zero-order valence-electron chi connectivity index (χ0n) is 12.7. The second-order valence-electron chi connectivity index (χ2n) is 6.00. The van der Waals surface area contributed by atoms with Crippen molar-refractivity contribution in [2.75, 3.05) is 11.9 Å². The average Bonchev–Trinajstić information content (AvgIpc) is 2.40. The Balaban J connectivity index is 2.47. The van der Waals surface area contributed by atoms with Gasteiger partial charge < -0.3 is 15.7 Å². The Bertz CT molecular complexity index is 556. The summed E-state index contributed by atoms with van der Waals surface area (Å²) in [4.78, 5) is 23.1. The molecule has 5 nitrogen and oxygen atoms in total. The van der Waals surface area contributed by atoms with Gasteiger partial charge in [-0.3, -0.25) is 9.59 Å². The highest BCUT2D eigenvalue weighted by Crippen LogP contribution is 2.20. The fraction of sp³-hybridized carbons (Fsp3) is 0.467. The van der Waals surface area contributed by atoms with Crippen molar-refractivity contribution >= 4 is 17.5 Å². The number of amides is 2. The lowest BCUT2D eigenvalue weighted by molar-refractivity contribution is -0.136. The zero-order valence-corrected chi connectivity index (χ0v) is 12.7. The van der Waals surface area contributed by atoms with E-state index in [-0.39, 0.29) is 24.1 Å². The highest BCUT2D eigenvalue weighted by molar-refractivity contribution is 6.39. The maximum Gasteiger partial charge on any atom is 0.313 e. The van der Waals surface area contributed by atoms with E-state index in [0.29, 0.717) is 6.07 Å². The highest BCUT2D eigenvalue weighted by Gasteiger charge is 2.22. The number of halogens is 2. The molecule has 0 radical (unpaired) electrons. The molecule has 0 saturated carbocycles. The van der Waals surface area contributed by atoms with Crippen LogP contribution in [0.15, 0.2) is 18.2 Å². The lowest BCUT2D eigenvalue weighted by atomic mass is 9.87. The molecule has 0 heterocycles. The molecule has 0 aromatic heterocycles. The third-order valence-corrected chi connectivity index (χ3v) is 3.09. The summed E-state index contributed by atoms with van der Waals surface area (Å²) in [5.74, 6) is -3.76. The van der Waals surface area contributed by atoms with Crippen LogP contribution < -0.4 is 10.6 Å². The molecule has 122 valence electrons. The van der Waals surface area contributed by atoms with Crippen LogP contribution in [0.2, 0.25) is 0 Å². The summed E-state index contributed by atoms with van der Waals surface area (Å²) in [5, 5.41) is 14.2. The molecule has 1 aromatic carbocycles. The minimum Gasteiger partial charge on any atom is -0.393 e. The van der Waals surface area contributed by atoms with Gasteiger partial charge in [-0.15, -0.1) is 0 Å². The topological polar surface area (TPSA) is 78.4 Å². The molecule has 7 heteroatoms. The van der Waals surface area contributed by atoms with Crippen molar-refractivity contribution in [2.24, 2.45) is 5.41 Å². The van der Waals surface area contributed by atoms with Gasteiger partial charge in [0.2, 0.25) is 0 Å². The van der Waals surface area contributed by atoms with Crippen molar-refractivity contribution in [3.8, 4) is 0 Å². The molecular weight excluding hydrogens is 294 g/mol. The fourth-order valence-corrected chi connectivity index (χ4v) is 1.61. The first-order chi connectivity index (χ1) is 10.1. The maximum atomic E-state index is 13.3. The van der Waals surface area contributed by atoms with E-state index >= 15 is 0 Å². The predicted octanol–water partition coefficient (Wildman–Crippen LogP) is 1.82. The van der Waals surface area contributed by atoms with Crippen LogP contribution in [0.3, 0.4) is 0 Å². The number of carbonyl (C=O) groups excluding carboxylic acids is 2. The molecule has 0 aliphatic carbocycles. The Labute approximate surface area is 127 Å². The number of rotatable bonds is 4. The average molecular weight is 314 g/mol. The van der Waals surface area contributed by atoms with Crippen LogP contribution in [0.25, 0.3) is 0 Å². The third kappa shape index (κ3) is 5.40. The molecule has 2 amide bonds. The van der Waals surface area contributed by atoms with Gasteiger partial charge in [-0.05, 0) is 24.0 Å². The van der Waals surface area contributed by atoms with Crippen LogP contribution >= 0.6 is 0 Å². The number of hydrogen-bond donors (Lipinski definition) is 3. The molecule has 0 aliphatic heterocycles. The maximum absolute atomic E-state index is 13.3. The van der Waals surface area contributed by atoms with Crippen molar-refractivity contribution < 1.29 is 23.5 Å². The summed E-state index contributed by atoms with van der Waals surface area (Å²) >= 11 is 0. The summed E-state index contributed by atoms with van der Waals surface area (Å²) in [6, 6.07) is 2.60. The molecule has 22 heavy (non-hydrogen) atoms. The van der Waals surface area contributed by atoms with Crippen LogP contribution in [0.1, 0.15) is 27.2 Å². The standard InChI is InChI=1S/C15H20F2N2O3/c1-15(2,3)12(20)6-7-18-13(21)14(22)19-11-5-4-9(16)8-10(11)17/h4-5,8,12,20H,6-7H2,1-3H3,(H,18,21)(H,19,22). The zero-order chi connectivity index (χ0) is 16.9. The lowest BCUT2D eigenvalue weighted by Gasteiger charge is -2.25. The predicted molar refractivity (Wildman–Crippen MR) is 78.1 cm³/mol. The molecular formula is C15H20F2N2O3. The number of hydrogen-bond acceptors (Lipinski definition) is 3. The van der Waals surface area contributed by atoms with Crippen LogP contribution in [-0.2, 0) is 9.59 Å². The molecule has 3 N–H and O–H groups in total. The van der Waals surface area contributed by atoms with Gasteiger partial charge in [0.15, 0.2) is 0 Å². The van der Waals surface area contributed by atoms with Crippen molar-refractivity contribution in [3.05, 3.63) is 29.8 Å². The SMILES string of the molecule is CC(C)(C)C(O)CCNC(=O)C(=O)Nc1ccc(F)cc1F. The van der Waals surface area contributed by atoms with Crippen molar-refractivity contribution in [1.82, 2.24) is 5.32 Å². The van der Waals surface area contributed by atoms with Crippen LogP contribution in [0.4, 0.5) is 14.5 Å². The van der Waals surface area contributed by atoms with Crippen LogP contribution in [-0.4, -0.2) is 29.6 Å². The van der Waals surface area contributed by atoms with Gasteiger partial charge in [0.05, 0.1) is 11.8 Å². The Morgan fingerprint density at radius 3 is 2.41 bits per heavy atom. The number of anilines is 1. The van der Waals surface area contributed by atoms with Crippen molar-refractivity contribution in [2.45, 2.75) is 33.3 Å². The van der Waals surface area contributed by atoms with Gasteiger partial charge >= 0.3 is 11.8 Å². The monoisotopic (exact) mass is 314 g/mol. The molecule has 1 rings (SSSR count). The van der Waals surface area contributed by atoms with Gasteiger partial charge in [0.25, 0.3) is 0 Å². The van der Waals surface area contributed by atoms with Crippen molar-refractivity contribution in [1.29, 1.82) is 0 Å². The molecule has 0 bridgehead atoms. The van der Waals surface area contributed by atoms with Gasteiger partial charge in [0, 0.05) is 12.6 Å². The van der Waals surface area contributed by atoms with E-state index in [1.807, 2.05) is 20.8 Å². The fourth-order valence-electron chi connectivity index (χ4n) is 1.61. The Morgan fingerprint density at radius 1 is 1.23 bits per heavy atom. The van der Waals surface area contributed by atoms with Crippen molar-refractivity contribution in [3.63, 3.8) is 0 Å². The molecule has 1 aromatic rings. The summed E-state index contributed by atoms with van der Waals surface area (Å²) in [6.45, 7) is 5.66. The number of aliphatic hydroxyl groups is 1. The molecule has 0 spiro atoms. The Kier molecular flexibility index (Phi) is 5.99. The van der Waals surface area contributed by atoms with E-state index in [2.05, 4.69) is 10.6 Å². The molecule has 1 unspecified atom stereocenters. The summed E-state index contributed by atoms with van der Waals surface area (Å²) < 4.78 is 26.1. The van der Waals surface area contributed by atoms with Crippen LogP contribution in [0, 0.1) is 17.0 Å². The first-order valence-electron chi connectivity index (χ1n) is 6.83. The first-order valence-corrected chi connectivity index (χ1v) is 6.83. The van der Waals surface area contributed by atoms with E-state index in [9.17, 15) is 23.5 Å². The van der Waals surface area contributed by atoms with E-state index in [1.54, 1.807) is 0 Å². The minimum atomic E-state index is -1.06. The molecule has 0 aliphatic rings. The quantitative estimate of drug-likeness (QED) is 0.742. The first kappa shape index (κ1) is 18.0. The van der Waals surface area contributed by atoms with Gasteiger partial charge in [0.1, 0.15) is 11.6 Å². The largest absolute Gasteiger partial charge is 0.393 e. The number of nitrogens with one attached hydrogen (secondary N) is 2. The smallest absolute Gasteiger partial charge is 0.313 e. The Morgan fingerprint density at radius 2 is 1.86 bits per heavy atom. The number of carbonyl (C=O) groups is 2. The van der Waals surface area contributed by atoms with Gasteiger partial charge in [-0.25, -0.2) is 8.78 Å². The van der Waals surface area contributed by atoms with E-state index < -0.39 is 29.6 Å². The second-order valence-corrected chi connectivity index (χ2v) is 6.00. The Hall–Kier alpha value is -2.02. The second kappa shape index (κ2) is 7.31. The van der Waals surface area contributed by atoms with E-state index in [4.69, 9.17) is 0 Å². The molecule has 0 fully saturated rings. The summed E-state index contributed by atoms with van der Waals surface area (Å²) in [5.41, 5.74) is -0.610. The summed E-state index contributed by atoms with van der Waals surface area (Å²) in [7, 11) is 0. The highest BCUT2D eigenvalue weighted by atomic mass is 19.1. The normalized spacial score (nSPS) is 12.6. The van der Waals surface area contributed by atoms with E-state index in [0.717, 1.165) is 12.1 Å². The summed E-state index contributed by atoms with van der Waals surface area (Å²) in [6.07, 6.45) is -0.349. The van der Waals surface area contributed by atoms with Gasteiger partial charge in [-0.1, -0.05) is 20.8 Å². The van der Waals surface area contributed by atoms with E-state index in [1.165, 1.54) is 0 Å². The lowest BCUT2D eigenvalue weighted by Crippen LogP contribution is -2.38. The molecule has 0 saturated heterocycles.